The molecular formula is C18H18N2O2S. The molecule has 0 saturated heterocycles. The summed E-state index contributed by atoms with van der Waals surface area (Å²) < 4.78 is 2.01. The standard InChI is InChI=1S/C18H18N2O2S/c1-3-13-8-6-7-12(2)15(13)11-19-18(22)20-17(21)14-9-4-5-10-16(14)23-20/h4-10H,3,11H2,1-2H3,(H,19,22). The summed E-state index contributed by atoms with van der Waals surface area (Å²) in [6, 6.07) is 13.0. The van der Waals surface area contributed by atoms with Crippen LogP contribution in [-0.4, -0.2) is 9.99 Å². The van der Waals surface area contributed by atoms with E-state index in [1.807, 2.05) is 31.2 Å². The molecule has 0 aliphatic carbocycles. The molecule has 0 bridgehead atoms. The van der Waals surface area contributed by atoms with Crippen LogP contribution in [0.2, 0.25) is 0 Å². The highest BCUT2D eigenvalue weighted by atomic mass is 32.1. The summed E-state index contributed by atoms with van der Waals surface area (Å²) in [5.41, 5.74) is 3.23. The van der Waals surface area contributed by atoms with Gasteiger partial charge in [-0.25, -0.2) is 4.79 Å². The van der Waals surface area contributed by atoms with E-state index in [1.54, 1.807) is 12.1 Å². The highest BCUT2D eigenvalue weighted by Gasteiger charge is 2.14. The Labute approximate surface area is 138 Å². The van der Waals surface area contributed by atoms with Gasteiger partial charge < -0.3 is 5.32 Å². The number of aromatic nitrogens is 1. The molecule has 0 radical (unpaired) electrons. The molecule has 2 aromatic carbocycles. The number of benzene rings is 2. The minimum atomic E-state index is -0.374. The van der Waals surface area contributed by atoms with Crippen molar-refractivity contribution < 1.29 is 4.79 Å². The molecule has 1 amide bonds. The van der Waals surface area contributed by atoms with E-state index in [9.17, 15) is 9.59 Å². The molecule has 3 aromatic rings. The van der Waals surface area contributed by atoms with Crippen molar-refractivity contribution in [3.8, 4) is 0 Å². The summed E-state index contributed by atoms with van der Waals surface area (Å²) in [6.07, 6.45) is 0.912. The minimum Gasteiger partial charge on any atom is -0.333 e. The van der Waals surface area contributed by atoms with E-state index in [-0.39, 0.29) is 11.6 Å². The maximum atomic E-state index is 12.4. The van der Waals surface area contributed by atoms with Gasteiger partial charge in [-0.15, -0.1) is 0 Å². The molecule has 118 valence electrons. The summed E-state index contributed by atoms with van der Waals surface area (Å²) in [5, 5.41) is 3.45. The van der Waals surface area contributed by atoms with Crippen molar-refractivity contribution in [2.45, 2.75) is 26.8 Å². The minimum absolute atomic E-state index is 0.261. The molecule has 0 saturated carbocycles. The Morgan fingerprint density at radius 3 is 2.70 bits per heavy atom. The second kappa shape index (κ2) is 6.38. The Hall–Kier alpha value is -2.40. The second-order valence-electron chi connectivity index (χ2n) is 5.41. The number of hydrogen-bond acceptors (Lipinski definition) is 3. The Balaban J connectivity index is 1.85. The van der Waals surface area contributed by atoms with Gasteiger partial charge in [-0.3, -0.25) is 4.79 Å². The Morgan fingerprint density at radius 2 is 1.96 bits per heavy atom. The Kier molecular flexibility index (Phi) is 4.30. The van der Waals surface area contributed by atoms with Crippen molar-refractivity contribution in [1.82, 2.24) is 9.27 Å². The molecule has 0 atom stereocenters. The molecule has 3 rings (SSSR count). The fourth-order valence-electron chi connectivity index (χ4n) is 2.69. The maximum absolute atomic E-state index is 12.4. The lowest BCUT2D eigenvalue weighted by Crippen LogP contribution is -2.33. The number of carbonyl (C=O) groups is 1. The van der Waals surface area contributed by atoms with Crippen LogP contribution in [-0.2, 0) is 13.0 Å². The van der Waals surface area contributed by atoms with E-state index in [0.717, 1.165) is 22.2 Å². The van der Waals surface area contributed by atoms with E-state index < -0.39 is 0 Å². The topological polar surface area (TPSA) is 51.1 Å². The first kappa shape index (κ1) is 15.5. The van der Waals surface area contributed by atoms with E-state index in [2.05, 4.69) is 18.3 Å². The number of fused-ring (bicyclic) bond motifs is 1. The summed E-state index contributed by atoms with van der Waals surface area (Å²) in [6.45, 7) is 4.55. The zero-order chi connectivity index (χ0) is 16.4. The highest BCUT2D eigenvalue weighted by Crippen LogP contribution is 2.17. The van der Waals surface area contributed by atoms with Gasteiger partial charge in [-0.1, -0.05) is 37.3 Å². The second-order valence-corrected chi connectivity index (χ2v) is 6.40. The van der Waals surface area contributed by atoms with Gasteiger partial charge in [0.25, 0.3) is 5.56 Å². The third-order valence-corrected chi connectivity index (χ3v) is 5.05. The maximum Gasteiger partial charge on any atom is 0.338 e. The fraction of sp³-hybridized carbons (Fsp3) is 0.222. The first-order chi connectivity index (χ1) is 11.1. The lowest BCUT2D eigenvalue weighted by Gasteiger charge is -2.12. The fourth-order valence-corrected chi connectivity index (χ4v) is 3.61. The number of amides is 1. The van der Waals surface area contributed by atoms with Crippen molar-refractivity contribution in [2.24, 2.45) is 0 Å². The van der Waals surface area contributed by atoms with Gasteiger partial charge in [0.1, 0.15) is 0 Å². The number of rotatable bonds is 3. The van der Waals surface area contributed by atoms with Crippen molar-refractivity contribution >= 4 is 27.6 Å². The molecule has 0 spiro atoms. The first-order valence-electron chi connectivity index (χ1n) is 7.58. The largest absolute Gasteiger partial charge is 0.338 e. The normalized spacial score (nSPS) is 10.9. The van der Waals surface area contributed by atoms with Crippen LogP contribution in [0.3, 0.4) is 0 Å². The van der Waals surface area contributed by atoms with Crippen LogP contribution >= 0.6 is 11.5 Å². The summed E-state index contributed by atoms with van der Waals surface area (Å²) in [7, 11) is 0. The van der Waals surface area contributed by atoms with Crippen LogP contribution in [0, 0.1) is 6.92 Å². The lowest BCUT2D eigenvalue weighted by atomic mass is 10.0. The van der Waals surface area contributed by atoms with Gasteiger partial charge in [0.05, 0.1) is 10.1 Å². The van der Waals surface area contributed by atoms with E-state index in [1.165, 1.54) is 21.1 Å². The number of nitrogens with one attached hydrogen (secondary N) is 1. The number of carbonyl (C=O) groups excluding carboxylic acids is 1. The van der Waals surface area contributed by atoms with Gasteiger partial charge >= 0.3 is 6.03 Å². The van der Waals surface area contributed by atoms with Gasteiger partial charge in [-0.05, 0) is 53.7 Å². The molecule has 0 unspecified atom stereocenters. The SMILES string of the molecule is CCc1cccc(C)c1CNC(=O)n1sc2ccccc2c1=O. The number of hydrogen-bond donors (Lipinski definition) is 1. The average Bonchev–Trinajstić information content (AvgIpc) is 2.90. The van der Waals surface area contributed by atoms with Crippen molar-refractivity contribution in [1.29, 1.82) is 0 Å². The molecule has 0 fully saturated rings. The van der Waals surface area contributed by atoms with E-state index in [0.29, 0.717) is 11.9 Å². The average molecular weight is 326 g/mol. The highest BCUT2D eigenvalue weighted by molar-refractivity contribution is 7.14. The van der Waals surface area contributed by atoms with Crippen molar-refractivity contribution in [3.63, 3.8) is 0 Å². The first-order valence-corrected chi connectivity index (χ1v) is 8.35. The molecule has 5 heteroatoms. The lowest BCUT2D eigenvalue weighted by molar-refractivity contribution is 0.243. The molecule has 0 aliphatic heterocycles. The Morgan fingerprint density at radius 1 is 1.17 bits per heavy atom. The predicted octanol–water partition coefficient (Wildman–Crippen LogP) is 3.69. The van der Waals surface area contributed by atoms with Gasteiger partial charge in [0.15, 0.2) is 0 Å². The monoisotopic (exact) mass is 326 g/mol. The molecule has 1 aromatic heterocycles. The Bertz CT molecular complexity index is 924. The third-order valence-electron chi connectivity index (χ3n) is 3.98. The summed E-state index contributed by atoms with van der Waals surface area (Å²) in [5.74, 6) is 0. The molecule has 4 nitrogen and oxygen atoms in total. The van der Waals surface area contributed by atoms with Gasteiger partial charge in [0, 0.05) is 6.54 Å². The molecule has 23 heavy (non-hydrogen) atoms. The van der Waals surface area contributed by atoms with E-state index >= 15 is 0 Å². The number of aryl methyl sites for hydroxylation is 2. The van der Waals surface area contributed by atoms with Gasteiger partial charge in [-0.2, -0.15) is 3.96 Å². The van der Waals surface area contributed by atoms with Gasteiger partial charge in [0.2, 0.25) is 0 Å². The quantitative estimate of drug-likeness (QED) is 0.798. The smallest absolute Gasteiger partial charge is 0.333 e. The van der Waals surface area contributed by atoms with E-state index in [4.69, 9.17) is 0 Å². The van der Waals surface area contributed by atoms with Crippen LogP contribution in [0.1, 0.15) is 23.6 Å². The van der Waals surface area contributed by atoms with Crippen LogP contribution in [0.25, 0.3) is 10.1 Å². The van der Waals surface area contributed by atoms with Crippen LogP contribution in [0.4, 0.5) is 4.79 Å². The molecule has 0 aliphatic rings. The zero-order valence-electron chi connectivity index (χ0n) is 13.1. The van der Waals surface area contributed by atoms with Crippen LogP contribution in [0.5, 0.6) is 0 Å². The zero-order valence-corrected chi connectivity index (χ0v) is 13.9. The van der Waals surface area contributed by atoms with Crippen molar-refractivity contribution in [2.75, 3.05) is 0 Å². The predicted molar refractivity (Wildman–Crippen MR) is 94.3 cm³/mol. The van der Waals surface area contributed by atoms with Crippen LogP contribution in [0.15, 0.2) is 47.3 Å². The summed E-state index contributed by atoms with van der Waals surface area (Å²) in [4.78, 5) is 24.7. The van der Waals surface area contributed by atoms with Crippen molar-refractivity contribution in [3.05, 3.63) is 69.5 Å². The molecular weight excluding hydrogens is 308 g/mol. The van der Waals surface area contributed by atoms with Crippen LogP contribution < -0.4 is 10.9 Å². The summed E-state index contributed by atoms with van der Waals surface area (Å²) >= 11 is 1.17. The third kappa shape index (κ3) is 2.92. The molecule has 1 N–H and O–H groups in total. The molecule has 1 heterocycles. The number of nitrogens with zero attached hydrogens (tertiary/aromatic N) is 1.